The van der Waals surface area contributed by atoms with Crippen LogP contribution in [0.15, 0.2) is 41.8 Å². The summed E-state index contributed by atoms with van der Waals surface area (Å²) in [4.78, 5) is 14.4. The lowest BCUT2D eigenvalue weighted by Gasteiger charge is -2.19. The zero-order valence-corrected chi connectivity index (χ0v) is 17.4. The van der Waals surface area contributed by atoms with Gasteiger partial charge < -0.3 is 10.2 Å². The number of halogens is 3. The molecule has 6 nitrogen and oxygen atoms in total. The second-order valence-electron chi connectivity index (χ2n) is 6.76. The fourth-order valence-corrected chi connectivity index (χ4v) is 3.70. The van der Waals surface area contributed by atoms with Crippen molar-refractivity contribution in [2.24, 2.45) is 0 Å². The standard InChI is InChI=1S/C20H22F3N5OS/c1-24-17(29)6-3-11-27(2)19-26-25-18(28(19)13-16-5-4-12-30-16)14-7-9-15(10-8-14)20(21,22)23/h4-5,7-10,12H,3,6,11,13H2,1-2H3,(H,24,29). The summed E-state index contributed by atoms with van der Waals surface area (Å²) in [5.41, 5.74) is -0.154. The number of nitrogens with one attached hydrogen (secondary N) is 1. The van der Waals surface area contributed by atoms with E-state index >= 15 is 0 Å². The minimum atomic E-state index is -4.39. The van der Waals surface area contributed by atoms with Gasteiger partial charge in [-0.05, 0) is 30.0 Å². The van der Waals surface area contributed by atoms with E-state index in [-0.39, 0.29) is 5.91 Å². The molecular formula is C20H22F3N5OS. The zero-order valence-electron chi connectivity index (χ0n) is 16.6. The van der Waals surface area contributed by atoms with Crippen molar-refractivity contribution in [1.29, 1.82) is 0 Å². The van der Waals surface area contributed by atoms with Crippen LogP contribution in [0.5, 0.6) is 0 Å². The molecule has 0 aliphatic rings. The molecule has 0 radical (unpaired) electrons. The minimum Gasteiger partial charge on any atom is -0.359 e. The van der Waals surface area contributed by atoms with Gasteiger partial charge in [0.15, 0.2) is 5.82 Å². The van der Waals surface area contributed by atoms with Gasteiger partial charge in [-0.25, -0.2) is 0 Å². The van der Waals surface area contributed by atoms with Gasteiger partial charge in [-0.15, -0.1) is 21.5 Å². The molecule has 0 aliphatic carbocycles. The van der Waals surface area contributed by atoms with Crippen molar-refractivity contribution < 1.29 is 18.0 Å². The molecule has 0 unspecified atom stereocenters. The van der Waals surface area contributed by atoms with Crippen LogP contribution in [-0.2, 0) is 17.5 Å². The molecule has 3 rings (SSSR count). The highest BCUT2D eigenvalue weighted by atomic mass is 32.1. The number of hydrogen-bond donors (Lipinski definition) is 1. The lowest BCUT2D eigenvalue weighted by molar-refractivity contribution is -0.137. The van der Waals surface area contributed by atoms with Gasteiger partial charge in [-0.2, -0.15) is 13.2 Å². The zero-order chi connectivity index (χ0) is 21.7. The Balaban J connectivity index is 1.88. The van der Waals surface area contributed by atoms with Gasteiger partial charge in [0.25, 0.3) is 0 Å². The topological polar surface area (TPSA) is 63.1 Å². The Morgan fingerprint density at radius 3 is 2.53 bits per heavy atom. The van der Waals surface area contributed by atoms with Crippen molar-refractivity contribution in [2.75, 3.05) is 25.5 Å². The first kappa shape index (κ1) is 21.8. The molecule has 3 aromatic rings. The molecule has 1 aromatic carbocycles. The predicted molar refractivity (Wildman–Crippen MR) is 110 cm³/mol. The van der Waals surface area contributed by atoms with Gasteiger partial charge in [0.1, 0.15) is 0 Å². The van der Waals surface area contributed by atoms with Gasteiger partial charge in [0, 0.05) is 37.5 Å². The summed E-state index contributed by atoms with van der Waals surface area (Å²) in [5.74, 6) is 1.05. The van der Waals surface area contributed by atoms with E-state index in [0.717, 1.165) is 17.0 Å². The molecule has 1 amide bonds. The maximum absolute atomic E-state index is 12.9. The Kier molecular flexibility index (Phi) is 6.76. The number of anilines is 1. The summed E-state index contributed by atoms with van der Waals surface area (Å²) in [6, 6.07) is 8.84. The van der Waals surface area contributed by atoms with Gasteiger partial charge in [0.05, 0.1) is 12.1 Å². The van der Waals surface area contributed by atoms with E-state index in [4.69, 9.17) is 0 Å². The fourth-order valence-electron chi connectivity index (χ4n) is 3.00. The summed E-state index contributed by atoms with van der Waals surface area (Å²) >= 11 is 1.58. The first-order chi connectivity index (χ1) is 14.3. The number of alkyl halides is 3. The molecular weight excluding hydrogens is 415 g/mol. The number of carbonyl (C=O) groups is 1. The third-order valence-corrected chi connectivity index (χ3v) is 5.47. The van der Waals surface area contributed by atoms with E-state index < -0.39 is 11.7 Å². The van der Waals surface area contributed by atoms with Gasteiger partial charge in [-0.1, -0.05) is 18.2 Å². The Morgan fingerprint density at radius 1 is 1.20 bits per heavy atom. The third kappa shape index (κ3) is 5.18. The molecule has 160 valence electrons. The monoisotopic (exact) mass is 437 g/mol. The number of hydrogen-bond acceptors (Lipinski definition) is 5. The molecule has 2 heterocycles. The lowest BCUT2D eigenvalue weighted by atomic mass is 10.1. The first-order valence-corrected chi connectivity index (χ1v) is 10.2. The number of benzene rings is 1. The van der Waals surface area contributed by atoms with Crippen molar-refractivity contribution in [2.45, 2.75) is 25.6 Å². The van der Waals surface area contributed by atoms with Gasteiger partial charge in [-0.3, -0.25) is 9.36 Å². The molecule has 0 bridgehead atoms. The van der Waals surface area contributed by atoms with Gasteiger partial charge >= 0.3 is 6.18 Å². The highest BCUT2D eigenvalue weighted by molar-refractivity contribution is 7.09. The Morgan fingerprint density at radius 2 is 1.93 bits per heavy atom. The highest BCUT2D eigenvalue weighted by Gasteiger charge is 2.30. The minimum absolute atomic E-state index is 0.0334. The largest absolute Gasteiger partial charge is 0.416 e. The Bertz CT molecular complexity index is 967. The maximum Gasteiger partial charge on any atom is 0.416 e. The number of amides is 1. The van der Waals surface area contributed by atoms with Crippen LogP contribution < -0.4 is 10.2 Å². The van der Waals surface area contributed by atoms with Crippen molar-refractivity contribution in [3.63, 3.8) is 0 Å². The second kappa shape index (κ2) is 9.29. The number of rotatable bonds is 8. The van der Waals surface area contributed by atoms with Crippen molar-refractivity contribution in [3.8, 4) is 11.4 Å². The van der Waals surface area contributed by atoms with E-state index in [1.807, 2.05) is 34.0 Å². The summed E-state index contributed by atoms with van der Waals surface area (Å²) in [6.07, 6.45) is -3.36. The first-order valence-electron chi connectivity index (χ1n) is 9.34. The molecule has 30 heavy (non-hydrogen) atoms. The average Bonchev–Trinajstić information content (AvgIpc) is 3.37. The number of carbonyl (C=O) groups excluding carboxylic acids is 1. The normalized spacial score (nSPS) is 11.5. The van der Waals surface area contributed by atoms with Crippen LogP contribution in [0, 0.1) is 0 Å². The van der Waals surface area contributed by atoms with Crippen LogP contribution in [-0.4, -0.2) is 41.3 Å². The van der Waals surface area contributed by atoms with Gasteiger partial charge in [0.2, 0.25) is 11.9 Å². The quantitative estimate of drug-likeness (QED) is 0.578. The Labute approximate surface area is 176 Å². The van der Waals surface area contributed by atoms with E-state index in [1.165, 1.54) is 12.1 Å². The van der Waals surface area contributed by atoms with Crippen molar-refractivity contribution >= 4 is 23.2 Å². The van der Waals surface area contributed by atoms with E-state index in [2.05, 4.69) is 15.5 Å². The molecule has 10 heteroatoms. The maximum atomic E-state index is 12.9. The molecule has 0 saturated carbocycles. The highest BCUT2D eigenvalue weighted by Crippen LogP contribution is 2.31. The molecule has 0 fully saturated rings. The summed E-state index contributed by atoms with van der Waals surface area (Å²) in [6.45, 7) is 1.08. The van der Waals surface area contributed by atoms with Crippen LogP contribution in [0.1, 0.15) is 23.3 Å². The van der Waals surface area contributed by atoms with Crippen LogP contribution in [0.3, 0.4) is 0 Å². The SMILES string of the molecule is CNC(=O)CCCN(C)c1nnc(-c2ccc(C(F)(F)F)cc2)n1Cc1cccs1. The number of thiophene rings is 1. The van der Waals surface area contributed by atoms with Crippen molar-refractivity contribution in [1.82, 2.24) is 20.1 Å². The summed E-state index contributed by atoms with van der Waals surface area (Å²) in [7, 11) is 3.45. The molecule has 0 atom stereocenters. The van der Waals surface area contributed by atoms with E-state index in [0.29, 0.717) is 43.3 Å². The molecule has 2 aromatic heterocycles. The van der Waals surface area contributed by atoms with E-state index in [1.54, 1.807) is 18.4 Å². The van der Waals surface area contributed by atoms with Crippen molar-refractivity contribution in [3.05, 3.63) is 52.2 Å². The number of aromatic nitrogens is 3. The van der Waals surface area contributed by atoms with E-state index in [9.17, 15) is 18.0 Å². The molecule has 1 N–H and O–H groups in total. The fraction of sp³-hybridized carbons (Fsp3) is 0.350. The molecule has 0 saturated heterocycles. The predicted octanol–water partition coefficient (Wildman–Crippen LogP) is 4.04. The second-order valence-corrected chi connectivity index (χ2v) is 7.79. The Hall–Kier alpha value is -2.88. The lowest BCUT2D eigenvalue weighted by Crippen LogP contribution is -2.25. The summed E-state index contributed by atoms with van der Waals surface area (Å²) < 4.78 is 40.6. The number of nitrogens with zero attached hydrogens (tertiary/aromatic N) is 4. The molecule has 0 aliphatic heterocycles. The smallest absolute Gasteiger partial charge is 0.359 e. The van der Waals surface area contributed by atoms with Crippen LogP contribution >= 0.6 is 11.3 Å². The molecule has 0 spiro atoms. The third-order valence-electron chi connectivity index (χ3n) is 4.61. The average molecular weight is 437 g/mol. The van der Waals surface area contributed by atoms with Crippen LogP contribution in [0.4, 0.5) is 19.1 Å². The summed E-state index contributed by atoms with van der Waals surface area (Å²) in [5, 5.41) is 13.1. The van der Waals surface area contributed by atoms with Crippen LogP contribution in [0.2, 0.25) is 0 Å². The van der Waals surface area contributed by atoms with Crippen LogP contribution in [0.25, 0.3) is 11.4 Å².